The highest BCUT2D eigenvalue weighted by molar-refractivity contribution is 5.96. The molecule has 0 amide bonds. The third kappa shape index (κ3) is 2.61. The molecule has 0 aromatic rings. The Kier molecular flexibility index (Phi) is 4.74. The number of carbonyl (C=O) groups excluding carboxylic acids is 3. The number of ketones is 2. The maximum atomic E-state index is 13.1. The Morgan fingerprint density at radius 1 is 1.09 bits per heavy atom. The van der Waals surface area contributed by atoms with Gasteiger partial charge in [0.1, 0.15) is 11.9 Å². The fraction of sp³-hybridized carbons (Fsp3) is 0.679. The molecule has 7 nitrogen and oxygen atoms in total. The van der Waals surface area contributed by atoms with Gasteiger partial charge in [0.25, 0.3) is 0 Å². The van der Waals surface area contributed by atoms with E-state index in [1.807, 2.05) is 13.8 Å². The summed E-state index contributed by atoms with van der Waals surface area (Å²) in [6.07, 6.45) is 3.88. The normalized spacial score (nSPS) is 48.1. The maximum Gasteiger partial charge on any atom is 0.304 e. The second-order valence-corrected chi connectivity index (χ2v) is 11.7. The van der Waals surface area contributed by atoms with Crippen LogP contribution in [0.5, 0.6) is 0 Å². The van der Waals surface area contributed by atoms with Crippen LogP contribution in [0.25, 0.3) is 0 Å². The molecule has 0 aromatic heterocycles. The van der Waals surface area contributed by atoms with E-state index in [0.717, 1.165) is 17.6 Å². The minimum Gasteiger partial charge on any atom is -0.484 e. The van der Waals surface area contributed by atoms with E-state index in [0.29, 0.717) is 24.2 Å². The molecule has 6 aliphatic rings. The number of allylic oxidation sites excluding steroid dienone is 4. The van der Waals surface area contributed by atoms with Crippen molar-refractivity contribution in [3.05, 3.63) is 34.6 Å². The molecule has 3 aliphatic heterocycles. The van der Waals surface area contributed by atoms with Crippen molar-refractivity contribution in [3.8, 4) is 0 Å². The first-order valence-corrected chi connectivity index (χ1v) is 12.7. The Morgan fingerprint density at radius 3 is 2.54 bits per heavy atom. The zero-order valence-corrected chi connectivity index (χ0v) is 21.3. The van der Waals surface area contributed by atoms with Gasteiger partial charge in [0, 0.05) is 36.7 Å². The monoisotopic (exact) mass is 482 g/mol. The Balaban J connectivity index is 1.63. The lowest BCUT2D eigenvalue weighted by Crippen LogP contribution is -2.68. The summed E-state index contributed by atoms with van der Waals surface area (Å²) < 4.78 is 26.1. The lowest BCUT2D eigenvalue weighted by Gasteiger charge is -2.62. The van der Waals surface area contributed by atoms with Gasteiger partial charge in [-0.25, -0.2) is 0 Å². The molecule has 0 radical (unpaired) electrons. The molecule has 6 rings (SSSR count). The Hall–Kier alpha value is -2.25. The predicted octanol–water partition coefficient (Wildman–Crippen LogP) is 3.96. The summed E-state index contributed by atoms with van der Waals surface area (Å²) in [5.74, 6) is 0.277. The van der Waals surface area contributed by atoms with Gasteiger partial charge in [-0.1, -0.05) is 18.6 Å². The van der Waals surface area contributed by atoms with Crippen LogP contribution < -0.4 is 0 Å². The van der Waals surface area contributed by atoms with Crippen LogP contribution in [0, 0.1) is 22.7 Å². The molecule has 188 valence electrons. The highest BCUT2D eigenvalue weighted by atomic mass is 16.7. The average Bonchev–Trinajstić information content (AvgIpc) is 3.10. The Bertz CT molecular complexity index is 1150. The maximum absolute atomic E-state index is 13.1. The molecule has 3 unspecified atom stereocenters. The predicted molar refractivity (Wildman–Crippen MR) is 125 cm³/mol. The van der Waals surface area contributed by atoms with Crippen LogP contribution in [0.2, 0.25) is 0 Å². The number of Topliss-reactive ketones (excluding diaryl/α,β-unsaturated/α-hetero) is 1. The van der Waals surface area contributed by atoms with Gasteiger partial charge in [-0.2, -0.15) is 0 Å². The molecular weight excluding hydrogens is 448 g/mol. The van der Waals surface area contributed by atoms with Crippen molar-refractivity contribution in [1.29, 1.82) is 0 Å². The van der Waals surface area contributed by atoms with Crippen molar-refractivity contribution in [2.45, 2.75) is 97.4 Å². The second kappa shape index (κ2) is 7.16. The first kappa shape index (κ1) is 23.2. The van der Waals surface area contributed by atoms with Crippen molar-refractivity contribution < 1.29 is 33.3 Å². The highest BCUT2D eigenvalue weighted by Gasteiger charge is 2.82. The third-order valence-corrected chi connectivity index (χ3v) is 10.2. The topological polar surface area (TPSA) is 88.1 Å². The number of esters is 1. The Morgan fingerprint density at radius 2 is 1.83 bits per heavy atom. The molecule has 9 atom stereocenters. The molecule has 1 saturated carbocycles. The first-order chi connectivity index (χ1) is 16.5. The fourth-order valence-electron chi connectivity index (χ4n) is 8.89. The Labute approximate surface area is 205 Å². The number of rotatable bonds is 1. The number of hydrogen-bond acceptors (Lipinski definition) is 7. The SMILES string of the molecule is CC(=O)O[C@@H]1O[C@@H]2CC(=O)C(C)=C(C)O[C@]23C(C)=CC2O[C@H]4CC(=O)C=C(C)C5CC[C@@]13C2[C@]54C. The van der Waals surface area contributed by atoms with Gasteiger partial charge in [0.05, 0.1) is 17.6 Å². The van der Waals surface area contributed by atoms with Crippen LogP contribution in [-0.2, 0) is 33.3 Å². The molecule has 35 heavy (non-hydrogen) atoms. The van der Waals surface area contributed by atoms with E-state index in [9.17, 15) is 14.4 Å². The van der Waals surface area contributed by atoms with E-state index in [4.69, 9.17) is 18.9 Å². The number of ether oxygens (including phenoxy) is 4. The molecule has 7 heteroatoms. The van der Waals surface area contributed by atoms with E-state index in [-0.39, 0.29) is 47.4 Å². The van der Waals surface area contributed by atoms with Gasteiger partial charge in [0.2, 0.25) is 6.29 Å². The van der Waals surface area contributed by atoms with E-state index in [1.54, 1.807) is 13.0 Å². The van der Waals surface area contributed by atoms with Crippen molar-refractivity contribution >= 4 is 17.5 Å². The molecule has 3 fully saturated rings. The van der Waals surface area contributed by atoms with Crippen LogP contribution in [0.15, 0.2) is 34.6 Å². The summed E-state index contributed by atoms with van der Waals surface area (Å²) in [6, 6.07) is 0. The largest absolute Gasteiger partial charge is 0.484 e. The summed E-state index contributed by atoms with van der Waals surface area (Å²) >= 11 is 0. The quantitative estimate of drug-likeness (QED) is 0.413. The molecule has 3 aliphatic carbocycles. The molecule has 3 heterocycles. The van der Waals surface area contributed by atoms with Gasteiger partial charge in [0.15, 0.2) is 17.2 Å². The zero-order chi connectivity index (χ0) is 25.1. The van der Waals surface area contributed by atoms with Gasteiger partial charge in [-0.05, 0) is 58.1 Å². The molecule has 2 spiro atoms. The number of hydrogen-bond donors (Lipinski definition) is 0. The first-order valence-electron chi connectivity index (χ1n) is 12.7. The summed E-state index contributed by atoms with van der Waals surface area (Å²) in [5, 5.41) is 0. The van der Waals surface area contributed by atoms with E-state index in [2.05, 4.69) is 19.9 Å². The highest BCUT2D eigenvalue weighted by Crippen LogP contribution is 2.75. The summed E-state index contributed by atoms with van der Waals surface area (Å²) in [7, 11) is 0. The molecule has 2 saturated heterocycles. The van der Waals surface area contributed by atoms with Crippen LogP contribution >= 0.6 is 0 Å². The molecular formula is C28H34O7. The minimum absolute atomic E-state index is 0.0165. The van der Waals surface area contributed by atoms with Gasteiger partial charge in [-0.15, -0.1) is 0 Å². The van der Waals surface area contributed by atoms with Crippen LogP contribution in [0.4, 0.5) is 0 Å². The van der Waals surface area contributed by atoms with E-state index < -0.39 is 29.4 Å². The standard InChI is InChI=1S/C28H34O7/c1-13-9-18(30)11-22-26(6)19(13)7-8-27-24(26)21(33-22)10-14(2)28(27)23(34-25(27)32-17(5)29)12-20(31)15(3)16(4)35-28/h9-10,19,21-25H,7-8,11-12H2,1-6H3/t19?,21?,22-,23+,24?,25+,26+,27+,28+/m0/s1. The second-order valence-electron chi connectivity index (χ2n) is 11.7. The van der Waals surface area contributed by atoms with Gasteiger partial charge >= 0.3 is 5.97 Å². The summed E-state index contributed by atoms with van der Waals surface area (Å²) in [4.78, 5) is 38.3. The third-order valence-electron chi connectivity index (χ3n) is 10.2. The lowest BCUT2D eigenvalue weighted by atomic mass is 9.42. The molecule has 0 bridgehead atoms. The molecule has 0 N–H and O–H groups in total. The summed E-state index contributed by atoms with van der Waals surface area (Å²) in [5.41, 5.74) is 0.521. The van der Waals surface area contributed by atoms with E-state index >= 15 is 0 Å². The van der Waals surface area contributed by atoms with Crippen LogP contribution in [-0.4, -0.2) is 47.7 Å². The van der Waals surface area contributed by atoms with Crippen LogP contribution in [0.3, 0.4) is 0 Å². The van der Waals surface area contributed by atoms with Crippen molar-refractivity contribution in [2.24, 2.45) is 22.7 Å². The summed E-state index contributed by atoms with van der Waals surface area (Å²) in [6.45, 7) is 11.3. The van der Waals surface area contributed by atoms with Crippen molar-refractivity contribution in [1.82, 2.24) is 0 Å². The zero-order valence-electron chi connectivity index (χ0n) is 21.3. The molecule has 0 aromatic carbocycles. The van der Waals surface area contributed by atoms with Crippen LogP contribution in [0.1, 0.15) is 67.2 Å². The lowest BCUT2D eigenvalue weighted by molar-refractivity contribution is -0.228. The van der Waals surface area contributed by atoms with E-state index in [1.165, 1.54) is 6.92 Å². The smallest absolute Gasteiger partial charge is 0.304 e. The fourth-order valence-corrected chi connectivity index (χ4v) is 8.89. The van der Waals surface area contributed by atoms with Crippen molar-refractivity contribution in [2.75, 3.05) is 0 Å². The van der Waals surface area contributed by atoms with Gasteiger partial charge < -0.3 is 18.9 Å². The minimum atomic E-state index is -0.966. The number of carbonyl (C=O) groups is 3. The average molecular weight is 483 g/mol. The van der Waals surface area contributed by atoms with Crippen molar-refractivity contribution in [3.63, 3.8) is 0 Å². The van der Waals surface area contributed by atoms with Gasteiger partial charge in [-0.3, -0.25) is 14.4 Å².